The third-order valence-electron chi connectivity index (χ3n) is 6.81. The maximum atomic E-state index is 13.1. The lowest BCUT2D eigenvalue weighted by Crippen LogP contribution is -2.69. The molecule has 0 bridgehead atoms. The van der Waals surface area contributed by atoms with Crippen LogP contribution in [0.3, 0.4) is 0 Å². The van der Waals surface area contributed by atoms with Crippen molar-refractivity contribution in [2.24, 2.45) is 0 Å². The normalized spacial score (nSPS) is 17.1. The molecule has 2 fully saturated rings. The van der Waals surface area contributed by atoms with Crippen molar-refractivity contribution in [3.8, 4) is 0 Å². The monoisotopic (exact) mass is 404 g/mol. The zero-order valence-corrected chi connectivity index (χ0v) is 18.1. The molecule has 6 nitrogen and oxygen atoms in total. The highest BCUT2D eigenvalue weighted by atomic mass is 16.5. The number of H-pyrrole nitrogens is 1. The minimum atomic E-state index is -0.0796. The Bertz CT molecular complexity index is 1130. The number of carbonyl (C=O) groups is 1. The molecule has 6 heteroatoms. The smallest absolute Gasteiger partial charge is 0.272 e. The number of aryl methyl sites for hydroxylation is 4. The van der Waals surface area contributed by atoms with Gasteiger partial charge in [0.2, 0.25) is 0 Å². The van der Waals surface area contributed by atoms with Crippen molar-refractivity contribution in [2.75, 3.05) is 25.0 Å². The Kier molecular flexibility index (Phi) is 4.36. The number of likely N-dealkylation sites (tertiary alicyclic amines) is 1. The highest BCUT2D eigenvalue weighted by Gasteiger charge is 2.51. The summed E-state index contributed by atoms with van der Waals surface area (Å²) >= 11 is 0. The summed E-state index contributed by atoms with van der Waals surface area (Å²) in [6.45, 7) is 11.2. The lowest BCUT2D eigenvalue weighted by atomic mass is 9.86. The number of hydrogen-bond acceptors (Lipinski definition) is 4. The summed E-state index contributed by atoms with van der Waals surface area (Å²) in [5.41, 5.74) is 7.36. The Labute approximate surface area is 176 Å². The Morgan fingerprint density at radius 2 is 1.93 bits per heavy atom. The number of hydrogen-bond donors (Lipinski definition) is 2. The minimum Gasteiger partial charge on any atom is -0.371 e. The van der Waals surface area contributed by atoms with Gasteiger partial charge in [-0.25, -0.2) is 4.98 Å². The lowest BCUT2D eigenvalue weighted by molar-refractivity contribution is -0.209. The molecule has 2 aromatic heterocycles. The third-order valence-corrected chi connectivity index (χ3v) is 6.81. The number of nitrogens with zero attached hydrogens (tertiary/aromatic N) is 2. The van der Waals surface area contributed by atoms with E-state index in [9.17, 15) is 4.79 Å². The summed E-state index contributed by atoms with van der Waals surface area (Å²) in [5.74, 6) is 0.705. The summed E-state index contributed by atoms with van der Waals surface area (Å²) in [4.78, 5) is 23.2. The van der Waals surface area contributed by atoms with E-state index < -0.39 is 0 Å². The summed E-state index contributed by atoms with van der Waals surface area (Å²) in [7, 11) is 0. The number of fused-ring (bicyclic) bond motifs is 1. The van der Waals surface area contributed by atoms with Crippen molar-refractivity contribution < 1.29 is 9.53 Å². The SMILES string of the molecule is Cc1cccc(C)c1CNc1nc(C(=O)N2CC3(CCO3)C2)cc2c(C)c(C)[nH]c12. The number of anilines is 1. The highest BCUT2D eigenvalue weighted by molar-refractivity contribution is 6.01. The summed E-state index contributed by atoms with van der Waals surface area (Å²) < 4.78 is 5.67. The van der Waals surface area contributed by atoms with Gasteiger partial charge in [-0.2, -0.15) is 0 Å². The Morgan fingerprint density at radius 1 is 1.23 bits per heavy atom. The van der Waals surface area contributed by atoms with Crippen molar-refractivity contribution in [3.63, 3.8) is 0 Å². The molecule has 5 rings (SSSR count). The van der Waals surface area contributed by atoms with Crippen molar-refractivity contribution in [3.05, 3.63) is 57.9 Å². The summed E-state index contributed by atoms with van der Waals surface area (Å²) in [6, 6.07) is 8.25. The van der Waals surface area contributed by atoms with Crippen molar-refractivity contribution in [2.45, 2.75) is 46.3 Å². The molecule has 0 atom stereocenters. The first-order valence-electron chi connectivity index (χ1n) is 10.6. The molecule has 4 heterocycles. The number of aromatic nitrogens is 2. The predicted molar refractivity (Wildman–Crippen MR) is 118 cm³/mol. The molecule has 3 aromatic rings. The van der Waals surface area contributed by atoms with Gasteiger partial charge >= 0.3 is 0 Å². The van der Waals surface area contributed by atoms with Gasteiger partial charge in [-0.1, -0.05) is 18.2 Å². The number of benzene rings is 1. The maximum absolute atomic E-state index is 13.1. The second-order valence-corrected chi connectivity index (χ2v) is 8.82. The van der Waals surface area contributed by atoms with E-state index in [1.807, 2.05) is 11.0 Å². The van der Waals surface area contributed by atoms with E-state index in [1.165, 1.54) is 16.7 Å². The van der Waals surface area contributed by atoms with Crippen LogP contribution in [0.15, 0.2) is 24.3 Å². The number of pyridine rings is 1. The van der Waals surface area contributed by atoms with Crippen LogP contribution >= 0.6 is 0 Å². The Hall–Kier alpha value is -2.86. The molecule has 30 heavy (non-hydrogen) atoms. The van der Waals surface area contributed by atoms with Gasteiger partial charge in [0.1, 0.15) is 11.3 Å². The molecule has 0 saturated carbocycles. The van der Waals surface area contributed by atoms with Gasteiger partial charge in [0.05, 0.1) is 25.2 Å². The zero-order chi connectivity index (χ0) is 21.0. The second kappa shape index (κ2) is 6.84. The van der Waals surface area contributed by atoms with E-state index in [4.69, 9.17) is 9.72 Å². The van der Waals surface area contributed by atoms with E-state index in [2.05, 4.69) is 56.2 Å². The average molecular weight is 405 g/mol. The van der Waals surface area contributed by atoms with E-state index >= 15 is 0 Å². The summed E-state index contributed by atoms with van der Waals surface area (Å²) in [5, 5.41) is 4.54. The fourth-order valence-corrected chi connectivity index (χ4v) is 4.58. The first kappa shape index (κ1) is 19.1. The van der Waals surface area contributed by atoms with E-state index in [-0.39, 0.29) is 11.5 Å². The maximum Gasteiger partial charge on any atom is 0.272 e. The molecule has 2 N–H and O–H groups in total. The number of amides is 1. The van der Waals surface area contributed by atoms with Crippen molar-refractivity contribution in [1.82, 2.24) is 14.9 Å². The van der Waals surface area contributed by atoms with Gasteiger partial charge < -0.3 is 19.9 Å². The van der Waals surface area contributed by atoms with Crippen LogP contribution in [0.5, 0.6) is 0 Å². The number of rotatable bonds is 4. The van der Waals surface area contributed by atoms with Gasteiger partial charge in [0, 0.05) is 24.0 Å². The van der Waals surface area contributed by atoms with Crippen LogP contribution in [-0.2, 0) is 11.3 Å². The fourth-order valence-electron chi connectivity index (χ4n) is 4.58. The molecule has 2 saturated heterocycles. The quantitative estimate of drug-likeness (QED) is 0.689. The van der Waals surface area contributed by atoms with E-state index in [0.29, 0.717) is 25.3 Å². The van der Waals surface area contributed by atoms with Crippen LogP contribution in [0.4, 0.5) is 5.82 Å². The molecule has 156 valence electrons. The molecule has 0 aliphatic carbocycles. The first-order chi connectivity index (χ1) is 14.4. The first-order valence-corrected chi connectivity index (χ1v) is 10.6. The van der Waals surface area contributed by atoms with E-state index in [0.717, 1.165) is 41.0 Å². The minimum absolute atomic E-state index is 0.0219. The molecule has 0 unspecified atom stereocenters. The van der Waals surface area contributed by atoms with Gasteiger partial charge in [0.25, 0.3) is 5.91 Å². The molecule has 2 aliphatic heterocycles. The molecule has 2 aliphatic rings. The zero-order valence-electron chi connectivity index (χ0n) is 18.1. The number of aromatic amines is 1. The topological polar surface area (TPSA) is 70.2 Å². The molecule has 1 aromatic carbocycles. The van der Waals surface area contributed by atoms with Crippen LogP contribution in [0.25, 0.3) is 10.9 Å². The van der Waals surface area contributed by atoms with Crippen LogP contribution < -0.4 is 5.32 Å². The number of nitrogens with one attached hydrogen (secondary N) is 2. The van der Waals surface area contributed by atoms with Crippen molar-refractivity contribution >= 4 is 22.6 Å². The highest BCUT2D eigenvalue weighted by Crippen LogP contribution is 2.37. The van der Waals surface area contributed by atoms with Gasteiger partial charge in [-0.15, -0.1) is 0 Å². The molecule has 1 amide bonds. The predicted octanol–water partition coefficient (Wildman–Crippen LogP) is 4.02. The van der Waals surface area contributed by atoms with Crippen LogP contribution in [-0.4, -0.2) is 46.1 Å². The van der Waals surface area contributed by atoms with Crippen LogP contribution in [0.2, 0.25) is 0 Å². The molecular formula is C24H28N4O2. The van der Waals surface area contributed by atoms with Crippen molar-refractivity contribution in [1.29, 1.82) is 0 Å². The molecule has 1 spiro atoms. The standard InChI is InChI=1S/C24H28N4O2/c1-14-6-5-7-15(2)19(14)11-25-22-21-18(16(3)17(4)26-21)10-20(27-22)23(29)28-12-24(13-28)8-9-30-24/h5-7,10,26H,8-9,11-13H2,1-4H3,(H,25,27). The fraction of sp³-hybridized carbons (Fsp3) is 0.417. The number of carbonyl (C=O) groups excluding carboxylic acids is 1. The van der Waals surface area contributed by atoms with Crippen LogP contribution in [0, 0.1) is 27.7 Å². The van der Waals surface area contributed by atoms with Crippen LogP contribution in [0.1, 0.15) is 44.9 Å². The molecule has 0 radical (unpaired) electrons. The van der Waals surface area contributed by atoms with Gasteiger partial charge in [-0.3, -0.25) is 4.79 Å². The number of ether oxygens (including phenoxy) is 1. The average Bonchev–Trinajstić information content (AvgIpc) is 2.93. The Morgan fingerprint density at radius 3 is 2.57 bits per heavy atom. The molecular weight excluding hydrogens is 376 g/mol. The second-order valence-electron chi connectivity index (χ2n) is 8.82. The largest absolute Gasteiger partial charge is 0.371 e. The van der Waals surface area contributed by atoms with E-state index in [1.54, 1.807) is 0 Å². The lowest BCUT2D eigenvalue weighted by Gasteiger charge is -2.54. The van der Waals surface area contributed by atoms with Gasteiger partial charge in [0.15, 0.2) is 5.82 Å². The third kappa shape index (κ3) is 2.98. The Balaban J connectivity index is 1.47. The van der Waals surface area contributed by atoms with Gasteiger partial charge in [-0.05, 0) is 56.0 Å². The summed E-state index contributed by atoms with van der Waals surface area (Å²) in [6.07, 6.45) is 1.04.